The summed E-state index contributed by atoms with van der Waals surface area (Å²) in [5.41, 5.74) is 2.73. The molecule has 0 radical (unpaired) electrons. The lowest BCUT2D eigenvalue weighted by Crippen LogP contribution is -2.45. The smallest absolute Gasteiger partial charge is 0.318 e. The van der Waals surface area contributed by atoms with Crippen LogP contribution in [0.25, 0.3) is 0 Å². The van der Waals surface area contributed by atoms with Gasteiger partial charge in [-0.1, -0.05) is 64.8 Å². The van der Waals surface area contributed by atoms with Gasteiger partial charge < -0.3 is 15.1 Å². The SMILES string of the molecule is CC(C)NC(=O)N(Cc1ccccc1)C[C@@H]1CC(c2ccc(Cl)c(Cl)c2)=NO1. The Morgan fingerprint density at radius 1 is 1.21 bits per heavy atom. The topological polar surface area (TPSA) is 53.9 Å². The van der Waals surface area contributed by atoms with E-state index in [1.807, 2.05) is 50.2 Å². The average Bonchev–Trinajstić information content (AvgIpc) is 3.12. The summed E-state index contributed by atoms with van der Waals surface area (Å²) in [7, 11) is 0. The van der Waals surface area contributed by atoms with Gasteiger partial charge in [0.15, 0.2) is 6.10 Å². The van der Waals surface area contributed by atoms with Crippen molar-refractivity contribution in [1.29, 1.82) is 0 Å². The second-order valence-corrected chi connectivity index (χ2v) is 7.88. The normalized spacial score (nSPS) is 15.9. The third-order valence-electron chi connectivity index (χ3n) is 4.33. The summed E-state index contributed by atoms with van der Waals surface area (Å²) < 4.78 is 0. The molecule has 1 atom stereocenters. The summed E-state index contributed by atoms with van der Waals surface area (Å²) in [6, 6.07) is 15.2. The highest BCUT2D eigenvalue weighted by Gasteiger charge is 2.27. The number of amides is 2. The molecule has 0 aromatic heterocycles. The lowest BCUT2D eigenvalue weighted by molar-refractivity contribution is 0.0586. The fourth-order valence-corrected chi connectivity index (χ4v) is 3.28. The van der Waals surface area contributed by atoms with Gasteiger partial charge in [-0.25, -0.2) is 4.79 Å². The van der Waals surface area contributed by atoms with Gasteiger partial charge in [-0.05, 0) is 31.5 Å². The van der Waals surface area contributed by atoms with Crippen LogP contribution in [0.5, 0.6) is 0 Å². The van der Waals surface area contributed by atoms with Crippen LogP contribution in [0.1, 0.15) is 31.4 Å². The van der Waals surface area contributed by atoms with Gasteiger partial charge in [0.2, 0.25) is 0 Å². The molecule has 1 N–H and O–H groups in total. The number of carbonyl (C=O) groups is 1. The van der Waals surface area contributed by atoms with Gasteiger partial charge in [-0.15, -0.1) is 0 Å². The van der Waals surface area contributed by atoms with Gasteiger partial charge in [0.05, 0.1) is 22.3 Å². The van der Waals surface area contributed by atoms with Crippen molar-refractivity contribution < 1.29 is 9.63 Å². The molecule has 1 aliphatic rings. The average molecular weight is 420 g/mol. The van der Waals surface area contributed by atoms with Crippen LogP contribution < -0.4 is 5.32 Å². The molecular weight excluding hydrogens is 397 g/mol. The number of nitrogens with one attached hydrogen (secondary N) is 1. The van der Waals surface area contributed by atoms with Crippen molar-refractivity contribution in [1.82, 2.24) is 10.2 Å². The Kier molecular flexibility index (Phi) is 6.81. The molecule has 2 aromatic carbocycles. The molecule has 0 spiro atoms. The van der Waals surface area contributed by atoms with Crippen molar-refractivity contribution in [2.24, 2.45) is 5.16 Å². The largest absolute Gasteiger partial charge is 0.390 e. The minimum Gasteiger partial charge on any atom is -0.390 e. The zero-order chi connectivity index (χ0) is 20.1. The zero-order valence-corrected chi connectivity index (χ0v) is 17.4. The molecule has 0 saturated heterocycles. The summed E-state index contributed by atoms with van der Waals surface area (Å²) in [6.07, 6.45) is 0.379. The number of oxime groups is 1. The van der Waals surface area contributed by atoms with Crippen molar-refractivity contribution in [2.75, 3.05) is 6.54 Å². The Balaban J connectivity index is 1.67. The lowest BCUT2D eigenvalue weighted by Gasteiger charge is -2.26. The second-order valence-electron chi connectivity index (χ2n) is 7.07. The summed E-state index contributed by atoms with van der Waals surface area (Å²) in [6.45, 7) is 4.81. The Bertz CT molecular complexity index is 856. The van der Waals surface area contributed by atoms with Crippen LogP contribution in [0.3, 0.4) is 0 Å². The number of urea groups is 1. The van der Waals surface area contributed by atoms with Gasteiger partial charge in [-0.2, -0.15) is 0 Å². The number of hydrogen-bond donors (Lipinski definition) is 1. The van der Waals surface area contributed by atoms with Gasteiger partial charge in [0, 0.05) is 24.6 Å². The van der Waals surface area contributed by atoms with Gasteiger partial charge in [0.25, 0.3) is 0 Å². The second kappa shape index (κ2) is 9.30. The number of nitrogens with zero attached hydrogens (tertiary/aromatic N) is 2. The molecule has 0 unspecified atom stereocenters. The van der Waals surface area contributed by atoms with Crippen molar-refractivity contribution in [2.45, 2.75) is 39.0 Å². The third-order valence-corrected chi connectivity index (χ3v) is 5.06. The highest BCUT2D eigenvalue weighted by atomic mass is 35.5. The molecule has 3 rings (SSSR count). The van der Waals surface area contributed by atoms with E-state index in [0.29, 0.717) is 29.6 Å². The number of benzene rings is 2. The maximum Gasteiger partial charge on any atom is 0.318 e. The summed E-state index contributed by atoms with van der Waals surface area (Å²) in [5.74, 6) is 0. The van der Waals surface area contributed by atoms with E-state index < -0.39 is 0 Å². The monoisotopic (exact) mass is 419 g/mol. The fraction of sp³-hybridized carbons (Fsp3) is 0.333. The Hall–Kier alpha value is -2.24. The molecular formula is C21H23Cl2N3O2. The van der Waals surface area contributed by atoms with E-state index in [1.54, 1.807) is 17.0 Å². The van der Waals surface area contributed by atoms with Crippen molar-refractivity contribution in [3.8, 4) is 0 Å². The molecule has 2 aromatic rings. The summed E-state index contributed by atoms with van der Waals surface area (Å²) in [5, 5.41) is 8.13. The Morgan fingerprint density at radius 3 is 2.64 bits per heavy atom. The fourth-order valence-electron chi connectivity index (χ4n) is 2.98. The number of halogens is 2. The van der Waals surface area contributed by atoms with Crippen LogP contribution in [-0.4, -0.2) is 35.3 Å². The minimum absolute atomic E-state index is 0.0540. The zero-order valence-electron chi connectivity index (χ0n) is 15.9. The molecule has 0 fully saturated rings. The van der Waals surface area contributed by atoms with Gasteiger partial charge in [-0.3, -0.25) is 0 Å². The minimum atomic E-state index is -0.217. The molecule has 1 aliphatic heterocycles. The summed E-state index contributed by atoms with van der Waals surface area (Å²) in [4.78, 5) is 20.0. The van der Waals surface area contributed by atoms with E-state index in [4.69, 9.17) is 28.0 Å². The lowest BCUT2D eigenvalue weighted by atomic mass is 10.0. The highest BCUT2D eigenvalue weighted by molar-refractivity contribution is 6.42. The van der Waals surface area contributed by atoms with Gasteiger partial charge >= 0.3 is 6.03 Å². The molecule has 0 saturated carbocycles. The maximum atomic E-state index is 12.7. The van der Waals surface area contributed by atoms with E-state index in [-0.39, 0.29) is 18.2 Å². The summed E-state index contributed by atoms with van der Waals surface area (Å²) >= 11 is 12.1. The molecule has 28 heavy (non-hydrogen) atoms. The first-order valence-corrected chi connectivity index (χ1v) is 9.95. The predicted molar refractivity (Wildman–Crippen MR) is 113 cm³/mol. The van der Waals surface area contributed by atoms with Crippen LogP contribution in [-0.2, 0) is 11.4 Å². The van der Waals surface area contributed by atoms with E-state index in [2.05, 4.69) is 10.5 Å². The maximum absolute atomic E-state index is 12.7. The van der Waals surface area contributed by atoms with E-state index >= 15 is 0 Å². The van der Waals surface area contributed by atoms with Crippen LogP contribution in [0.4, 0.5) is 4.79 Å². The van der Waals surface area contributed by atoms with E-state index in [9.17, 15) is 4.79 Å². The Labute approximate surface area is 175 Å². The molecule has 0 aliphatic carbocycles. The first-order chi connectivity index (χ1) is 13.4. The molecule has 2 amide bonds. The van der Waals surface area contributed by atoms with Crippen LogP contribution >= 0.6 is 23.2 Å². The van der Waals surface area contributed by atoms with Crippen LogP contribution in [0.15, 0.2) is 53.7 Å². The molecule has 7 heteroatoms. The highest BCUT2D eigenvalue weighted by Crippen LogP contribution is 2.26. The molecule has 5 nitrogen and oxygen atoms in total. The van der Waals surface area contributed by atoms with Crippen molar-refractivity contribution in [3.05, 3.63) is 69.7 Å². The molecule has 0 bridgehead atoms. The quantitative estimate of drug-likeness (QED) is 0.707. The predicted octanol–water partition coefficient (Wildman–Crippen LogP) is 5.11. The third kappa shape index (κ3) is 5.40. The van der Waals surface area contributed by atoms with E-state index in [1.165, 1.54) is 0 Å². The molecule has 148 valence electrons. The number of rotatable bonds is 6. The van der Waals surface area contributed by atoms with Crippen LogP contribution in [0, 0.1) is 0 Å². The number of hydrogen-bond acceptors (Lipinski definition) is 3. The van der Waals surface area contributed by atoms with Gasteiger partial charge in [0.1, 0.15) is 0 Å². The molecule has 1 heterocycles. The van der Waals surface area contributed by atoms with Crippen LogP contribution in [0.2, 0.25) is 10.0 Å². The first kappa shape index (κ1) is 20.5. The standard InChI is InChI=1S/C21H23Cl2N3O2/c1-14(2)24-21(27)26(12-15-6-4-3-5-7-15)13-17-11-20(25-28-17)16-8-9-18(22)19(23)10-16/h3-10,14,17H,11-13H2,1-2H3,(H,24,27)/t17-/m0/s1. The Morgan fingerprint density at radius 2 is 1.96 bits per heavy atom. The van der Waals surface area contributed by atoms with Crippen molar-refractivity contribution in [3.63, 3.8) is 0 Å². The van der Waals surface area contributed by atoms with E-state index in [0.717, 1.165) is 16.8 Å². The van der Waals surface area contributed by atoms with Crippen molar-refractivity contribution >= 4 is 34.9 Å². The number of carbonyl (C=O) groups excluding carboxylic acids is 1. The first-order valence-electron chi connectivity index (χ1n) is 9.20.